The number of hydrogen-bond acceptors (Lipinski definition) is 3. The minimum Gasteiger partial charge on any atom is -0.469 e. The van der Waals surface area contributed by atoms with E-state index in [2.05, 4.69) is 17.6 Å². The molecule has 0 radical (unpaired) electrons. The van der Waals surface area contributed by atoms with Crippen molar-refractivity contribution in [2.75, 3.05) is 11.9 Å². The average molecular weight is 286 g/mol. The fourth-order valence-corrected chi connectivity index (χ4v) is 2.09. The van der Waals surface area contributed by atoms with Crippen molar-refractivity contribution >= 4 is 11.6 Å². The molecular formula is C17H22N2O2. The summed E-state index contributed by atoms with van der Waals surface area (Å²) in [6, 6.07) is 11.9. The molecule has 1 aromatic carbocycles. The Morgan fingerprint density at radius 3 is 2.76 bits per heavy atom. The van der Waals surface area contributed by atoms with Crippen molar-refractivity contribution in [2.24, 2.45) is 0 Å². The van der Waals surface area contributed by atoms with Gasteiger partial charge in [0, 0.05) is 18.2 Å². The highest BCUT2D eigenvalue weighted by molar-refractivity contribution is 5.92. The van der Waals surface area contributed by atoms with Crippen LogP contribution in [0.25, 0.3) is 0 Å². The highest BCUT2D eigenvalue weighted by Gasteiger charge is 2.08. The zero-order valence-electron chi connectivity index (χ0n) is 12.6. The van der Waals surface area contributed by atoms with Crippen molar-refractivity contribution in [3.8, 4) is 0 Å². The van der Waals surface area contributed by atoms with E-state index in [1.54, 1.807) is 6.26 Å². The van der Waals surface area contributed by atoms with E-state index in [4.69, 9.17) is 4.42 Å². The van der Waals surface area contributed by atoms with Gasteiger partial charge in [-0.25, -0.2) is 0 Å². The third kappa shape index (κ3) is 5.08. The molecule has 2 aromatic rings. The Morgan fingerprint density at radius 2 is 2.05 bits per heavy atom. The predicted molar refractivity (Wildman–Crippen MR) is 84.3 cm³/mol. The second kappa shape index (κ2) is 7.64. The van der Waals surface area contributed by atoms with Crippen LogP contribution < -0.4 is 10.6 Å². The standard InChI is InChI=1S/C17H22N2O2/c1-13-6-3-4-8-16(13)19-17(20)12-18-14(2)9-10-15-7-5-11-21-15/h3-8,11,14,18H,9-10,12H2,1-2H3,(H,19,20). The van der Waals surface area contributed by atoms with E-state index >= 15 is 0 Å². The van der Waals surface area contributed by atoms with Crippen LogP contribution in [0.1, 0.15) is 24.7 Å². The first-order valence-electron chi connectivity index (χ1n) is 7.26. The molecule has 1 atom stereocenters. The molecule has 2 rings (SSSR count). The van der Waals surface area contributed by atoms with Crippen LogP contribution >= 0.6 is 0 Å². The van der Waals surface area contributed by atoms with E-state index in [0.717, 1.165) is 29.9 Å². The summed E-state index contributed by atoms with van der Waals surface area (Å²) in [4.78, 5) is 11.9. The maximum Gasteiger partial charge on any atom is 0.238 e. The number of aryl methyl sites for hydroxylation is 2. The summed E-state index contributed by atoms with van der Waals surface area (Å²) in [6.07, 6.45) is 3.49. The van der Waals surface area contributed by atoms with Gasteiger partial charge in [-0.15, -0.1) is 0 Å². The summed E-state index contributed by atoms with van der Waals surface area (Å²) >= 11 is 0. The molecule has 112 valence electrons. The Balaban J connectivity index is 1.70. The number of furan rings is 1. The fraction of sp³-hybridized carbons (Fsp3) is 0.353. The second-order valence-electron chi connectivity index (χ2n) is 5.26. The zero-order valence-corrected chi connectivity index (χ0v) is 12.6. The van der Waals surface area contributed by atoms with Gasteiger partial charge in [0.2, 0.25) is 5.91 Å². The Hall–Kier alpha value is -2.07. The van der Waals surface area contributed by atoms with Crippen LogP contribution in [0.5, 0.6) is 0 Å². The van der Waals surface area contributed by atoms with Gasteiger partial charge in [0.1, 0.15) is 5.76 Å². The van der Waals surface area contributed by atoms with Crippen LogP contribution in [0.15, 0.2) is 47.1 Å². The molecule has 1 heterocycles. The number of amides is 1. The van der Waals surface area contributed by atoms with Gasteiger partial charge in [-0.1, -0.05) is 18.2 Å². The van der Waals surface area contributed by atoms with Crippen molar-refractivity contribution in [3.63, 3.8) is 0 Å². The van der Waals surface area contributed by atoms with Gasteiger partial charge in [0.05, 0.1) is 12.8 Å². The van der Waals surface area contributed by atoms with E-state index in [-0.39, 0.29) is 11.9 Å². The van der Waals surface area contributed by atoms with Gasteiger partial charge in [-0.2, -0.15) is 0 Å². The van der Waals surface area contributed by atoms with Crippen LogP contribution in [0.2, 0.25) is 0 Å². The van der Waals surface area contributed by atoms with E-state index in [9.17, 15) is 4.79 Å². The number of hydrogen-bond donors (Lipinski definition) is 2. The maximum absolute atomic E-state index is 11.9. The molecule has 1 amide bonds. The molecule has 0 aliphatic rings. The Labute approximate surface area is 125 Å². The van der Waals surface area contributed by atoms with Gasteiger partial charge in [0.25, 0.3) is 0 Å². The third-order valence-electron chi connectivity index (χ3n) is 3.43. The first-order chi connectivity index (χ1) is 10.1. The third-order valence-corrected chi connectivity index (χ3v) is 3.43. The summed E-state index contributed by atoms with van der Waals surface area (Å²) in [5.74, 6) is 0.960. The molecule has 2 N–H and O–H groups in total. The lowest BCUT2D eigenvalue weighted by Crippen LogP contribution is -2.34. The minimum atomic E-state index is -0.0193. The molecular weight excluding hydrogens is 264 g/mol. The summed E-state index contributed by atoms with van der Waals surface area (Å²) < 4.78 is 5.29. The molecule has 4 nitrogen and oxygen atoms in total. The Kier molecular flexibility index (Phi) is 5.58. The molecule has 0 bridgehead atoms. The number of carbonyl (C=O) groups is 1. The Bertz CT molecular complexity index is 564. The molecule has 0 spiro atoms. The lowest BCUT2D eigenvalue weighted by atomic mass is 10.1. The van der Waals surface area contributed by atoms with E-state index in [1.807, 2.05) is 43.3 Å². The smallest absolute Gasteiger partial charge is 0.238 e. The van der Waals surface area contributed by atoms with E-state index < -0.39 is 0 Å². The van der Waals surface area contributed by atoms with Crippen molar-refractivity contribution in [1.29, 1.82) is 0 Å². The molecule has 0 fully saturated rings. The van der Waals surface area contributed by atoms with Crippen LogP contribution in [0, 0.1) is 6.92 Å². The zero-order chi connectivity index (χ0) is 15.1. The number of benzene rings is 1. The largest absolute Gasteiger partial charge is 0.469 e. The number of nitrogens with one attached hydrogen (secondary N) is 2. The highest BCUT2D eigenvalue weighted by Crippen LogP contribution is 2.12. The monoisotopic (exact) mass is 286 g/mol. The summed E-state index contributed by atoms with van der Waals surface area (Å²) in [7, 11) is 0. The van der Waals surface area contributed by atoms with Crippen molar-refractivity contribution < 1.29 is 9.21 Å². The molecule has 0 saturated carbocycles. The molecule has 0 aliphatic heterocycles. The lowest BCUT2D eigenvalue weighted by Gasteiger charge is -2.13. The number of para-hydroxylation sites is 1. The molecule has 0 aliphatic carbocycles. The van der Waals surface area contributed by atoms with Gasteiger partial charge in [-0.3, -0.25) is 4.79 Å². The molecule has 1 unspecified atom stereocenters. The minimum absolute atomic E-state index is 0.0193. The molecule has 4 heteroatoms. The SMILES string of the molecule is Cc1ccccc1NC(=O)CNC(C)CCc1ccco1. The average Bonchev–Trinajstić information content (AvgIpc) is 2.99. The van der Waals surface area contributed by atoms with Gasteiger partial charge < -0.3 is 15.1 Å². The van der Waals surface area contributed by atoms with Crippen LogP contribution in [0.4, 0.5) is 5.69 Å². The summed E-state index contributed by atoms with van der Waals surface area (Å²) in [6.45, 7) is 4.37. The molecule has 0 saturated heterocycles. The van der Waals surface area contributed by atoms with Crippen LogP contribution in [-0.2, 0) is 11.2 Å². The normalized spacial score (nSPS) is 12.1. The number of rotatable bonds is 7. The summed E-state index contributed by atoms with van der Waals surface area (Å²) in [5, 5.41) is 6.15. The van der Waals surface area contributed by atoms with E-state index in [0.29, 0.717) is 6.54 Å². The quantitative estimate of drug-likeness (QED) is 0.822. The van der Waals surface area contributed by atoms with Crippen molar-refractivity contribution in [2.45, 2.75) is 32.7 Å². The maximum atomic E-state index is 11.9. The number of anilines is 1. The topological polar surface area (TPSA) is 54.3 Å². The first kappa shape index (κ1) is 15.3. The van der Waals surface area contributed by atoms with Gasteiger partial charge in [0.15, 0.2) is 0 Å². The predicted octanol–water partition coefficient (Wildman–Crippen LogP) is 3.14. The lowest BCUT2D eigenvalue weighted by molar-refractivity contribution is -0.115. The van der Waals surface area contributed by atoms with Gasteiger partial charge in [-0.05, 0) is 44.0 Å². The van der Waals surface area contributed by atoms with Crippen molar-refractivity contribution in [1.82, 2.24) is 5.32 Å². The molecule has 1 aromatic heterocycles. The summed E-state index contributed by atoms with van der Waals surface area (Å²) in [5.41, 5.74) is 1.93. The van der Waals surface area contributed by atoms with Crippen LogP contribution in [0.3, 0.4) is 0 Å². The van der Waals surface area contributed by atoms with Gasteiger partial charge >= 0.3 is 0 Å². The number of carbonyl (C=O) groups excluding carboxylic acids is 1. The van der Waals surface area contributed by atoms with Crippen molar-refractivity contribution in [3.05, 3.63) is 54.0 Å². The van der Waals surface area contributed by atoms with Crippen LogP contribution in [-0.4, -0.2) is 18.5 Å². The fourth-order valence-electron chi connectivity index (χ4n) is 2.09. The first-order valence-corrected chi connectivity index (χ1v) is 7.26. The highest BCUT2D eigenvalue weighted by atomic mass is 16.3. The molecule has 21 heavy (non-hydrogen) atoms. The Morgan fingerprint density at radius 1 is 1.24 bits per heavy atom. The second-order valence-corrected chi connectivity index (χ2v) is 5.26. The van der Waals surface area contributed by atoms with E-state index in [1.165, 1.54) is 0 Å².